The molecule has 0 bridgehead atoms. The Hall–Kier alpha value is -7.51. The second-order valence-corrected chi connectivity index (χ2v) is 18.8. The number of hydrogen-bond acceptors (Lipinski definition) is 3. The number of rotatable bonds is 7. The maximum atomic E-state index is 4.76. The quantitative estimate of drug-likeness (QED) is 0.118. The van der Waals surface area contributed by atoms with Crippen molar-refractivity contribution in [1.29, 1.82) is 0 Å². The highest BCUT2D eigenvalue weighted by molar-refractivity contribution is 8.05. The average Bonchev–Trinajstić information content (AvgIpc) is 3.72. The minimum Gasteiger partial charge on any atom is -0.309 e. The predicted octanol–water partition coefficient (Wildman–Crippen LogP) is 17.5. The first-order valence-corrected chi connectivity index (χ1v) is 25.1. The lowest BCUT2D eigenvalue weighted by molar-refractivity contribution is 1.06. The number of fused-ring (bicyclic) bond motifs is 5. The molecule has 1 aliphatic heterocycles. The van der Waals surface area contributed by atoms with Crippen molar-refractivity contribution in [3.05, 3.63) is 246 Å². The Balaban J connectivity index is 0.000000183. The van der Waals surface area contributed by atoms with E-state index in [4.69, 9.17) is 9.98 Å². The highest BCUT2D eigenvalue weighted by Gasteiger charge is 2.23. The summed E-state index contributed by atoms with van der Waals surface area (Å²) in [4.78, 5) is 18.9. The lowest BCUT2D eigenvalue weighted by Gasteiger charge is -2.21. The molecule has 6 heteroatoms. The van der Waals surface area contributed by atoms with Crippen molar-refractivity contribution in [3.8, 4) is 27.9 Å². The predicted molar refractivity (Wildman–Crippen MR) is 298 cm³/mol. The Morgan fingerprint density at radius 2 is 1.07 bits per heavy atom. The van der Waals surface area contributed by atoms with Gasteiger partial charge in [0.1, 0.15) is 0 Å². The van der Waals surface area contributed by atoms with Crippen LogP contribution in [0.5, 0.6) is 0 Å². The highest BCUT2D eigenvalue weighted by Crippen LogP contribution is 2.52. The van der Waals surface area contributed by atoms with E-state index in [-0.39, 0.29) is 0 Å². The Morgan fingerprint density at radius 3 is 1.81 bits per heavy atom. The SMILES string of the molecule is C=NC(=NC(=NCc1ccccc1)c1cccc(C)c1)c1ccccc1.CC.Cc1ccccc1-c1cc2c(cc1C)Sc1cc3c4ccccc4n(-c4cccc(-c5ccccc5)c4)c3cc1S2. The van der Waals surface area contributed by atoms with E-state index in [1.54, 1.807) is 0 Å². The third-order valence-corrected chi connectivity index (χ3v) is 14.5. The van der Waals surface area contributed by atoms with Crippen LogP contribution in [0.2, 0.25) is 0 Å². The summed E-state index contributed by atoms with van der Waals surface area (Å²) in [6, 6.07) is 74.8. The molecule has 0 spiro atoms. The molecule has 2 heterocycles. The van der Waals surface area contributed by atoms with Gasteiger partial charge in [0, 0.05) is 47.2 Å². The Kier molecular flexibility index (Phi) is 14.6. The normalized spacial score (nSPS) is 12.0. The minimum atomic E-state index is 0.562. The standard InChI is InChI=1S/C38H27NS2.C23H21N3.C2H6/c1-24-11-6-7-16-29(24)31-21-36-35(19-25(31)2)40-37-22-32-30-17-8-9-18-33(30)39(34(32)23-38(37)41-36)28-15-10-14-27(20-28)26-12-4-3-5-13-26;1-18-10-9-15-21(16-18)23(25-17-19-11-5-3-6-12-19)26-22(24-2)20-13-7-4-8-14-20;1-2/h3-23H,1-2H3;3-16H,2,17H2,1H3;1-2H3. The summed E-state index contributed by atoms with van der Waals surface area (Å²) in [5.41, 5.74) is 15.6. The van der Waals surface area contributed by atoms with Crippen LogP contribution < -0.4 is 0 Å². The minimum absolute atomic E-state index is 0.562. The third-order valence-electron chi connectivity index (χ3n) is 12.0. The van der Waals surface area contributed by atoms with Gasteiger partial charge in [-0.25, -0.2) is 9.98 Å². The number of benzene rings is 9. The topological polar surface area (TPSA) is 42.0 Å². The number of aliphatic imine (C=N–C) groups is 3. The molecule has 69 heavy (non-hydrogen) atoms. The molecule has 0 unspecified atom stereocenters. The monoisotopic (exact) mass is 930 g/mol. The van der Waals surface area contributed by atoms with Crippen molar-refractivity contribution < 1.29 is 0 Å². The van der Waals surface area contributed by atoms with Gasteiger partial charge in [-0.15, -0.1) is 0 Å². The van der Waals surface area contributed by atoms with Gasteiger partial charge in [-0.1, -0.05) is 207 Å². The van der Waals surface area contributed by atoms with Gasteiger partial charge in [-0.3, -0.25) is 4.99 Å². The van der Waals surface area contributed by atoms with Crippen molar-refractivity contribution in [1.82, 2.24) is 4.57 Å². The molecular formula is C63H54N4S2. The average molecular weight is 931 g/mol. The van der Waals surface area contributed by atoms with Gasteiger partial charge in [0.2, 0.25) is 0 Å². The molecule has 1 aliphatic rings. The van der Waals surface area contributed by atoms with Crippen LogP contribution in [-0.2, 0) is 6.54 Å². The van der Waals surface area contributed by atoms with E-state index in [1.165, 1.54) is 80.5 Å². The van der Waals surface area contributed by atoms with Gasteiger partial charge in [0.25, 0.3) is 0 Å². The van der Waals surface area contributed by atoms with Crippen molar-refractivity contribution in [3.63, 3.8) is 0 Å². The van der Waals surface area contributed by atoms with Crippen LogP contribution in [0, 0.1) is 20.8 Å². The molecule has 0 aliphatic carbocycles. The second kappa shape index (κ2) is 21.6. The summed E-state index contributed by atoms with van der Waals surface area (Å²) in [5, 5.41) is 2.59. The van der Waals surface area contributed by atoms with Crippen LogP contribution in [-0.4, -0.2) is 23.0 Å². The van der Waals surface area contributed by atoms with Crippen molar-refractivity contribution >= 4 is 63.7 Å². The lowest BCUT2D eigenvalue weighted by atomic mass is 9.97. The molecule has 10 aromatic rings. The molecule has 1 aromatic heterocycles. The van der Waals surface area contributed by atoms with Crippen LogP contribution in [0.4, 0.5) is 0 Å². The summed E-state index contributed by atoms with van der Waals surface area (Å²) < 4.78 is 2.44. The number of aryl methyl sites for hydroxylation is 3. The van der Waals surface area contributed by atoms with Gasteiger partial charge in [-0.05, 0) is 115 Å². The van der Waals surface area contributed by atoms with E-state index in [2.05, 4.69) is 189 Å². The van der Waals surface area contributed by atoms with Crippen molar-refractivity contribution in [2.75, 3.05) is 0 Å². The molecule has 0 saturated carbocycles. The molecule has 0 saturated heterocycles. The Labute approximate surface area is 415 Å². The summed E-state index contributed by atoms with van der Waals surface area (Å²) >= 11 is 3.80. The van der Waals surface area contributed by atoms with Crippen LogP contribution in [0.25, 0.3) is 49.7 Å². The molecular weight excluding hydrogens is 877 g/mol. The van der Waals surface area contributed by atoms with E-state index in [0.29, 0.717) is 18.2 Å². The lowest BCUT2D eigenvalue weighted by Crippen LogP contribution is -2.05. The molecule has 338 valence electrons. The number of nitrogens with zero attached hydrogens (tertiary/aromatic N) is 4. The van der Waals surface area contributed by atoms with Gasteiger partial charge in [0.05, 0.1) is 17.6 Å². The molecule has 0 fully saturated rings. The van der Waals surface area contributed by atoms with Gasteiger partial charge in [-0.2, -0.15) is 0 Å². The molecule has 0 radical (unpaired) electrons. The third kappa shape index (κ3) is 10.3. The number of para-hydroxylation sites is 1. The first-order chi connectivity index (χ1) is 33.9. The molecule has 0 atom stereocenters. The molecule has 0 N–H and O–H groups in total. The Morgan fingerprint density at radius 1 is 0.464 bits per heavy atom. The summed E-state index contributed by atoms with van der Waals surface area (Å²) in [7, 11) is 0. The van der Waals surface area contributed by atoms with Crippen LogP contribution in [0.15, 0.2) is 247 Å². The van der Waals surface area contributed by atoms with Gasteiger partial charge >= 0.3 is 0 Å². The molecule has 0 amide bonds. The summed E-state index contributed by atoms with van der Waals surface area (Å²) in [6.45, 7) is 14.7. The fourth-order valence-corrected chi connectivity index (χ4v) is 11.1. The molecule has 11 rings (SSSR count). The van der Waals surface area contributed by atoms with Crippen LogP contribution in [0.3, 0.4) is 0 Å². The fraction of sp³-hybridized carbons (Fsp3) is 0.0952. The zero-order chi connectivity index (χ0) is 47.7. The second-order valence-electron chi connectivity index (χ2n) is 16.7. The first kappa shape index (κ1) is 46.6. The van der Waals surface area contributed by atoms with E-state index in [0.717, 1.165) is 22.3 Å². The van der Waals surface area contributed by atoms with Crippen LogP contribution >= 0.6 is 23.5 Å². The first-order valence-electron chi connectivity index (χ1n) is 23.5. The smallest absolute Gasteiger partial charge is 0.161 e. The zero-order valence-corrected chi connectivity index (χ0v) is 41.4. The fourth-order valence-electron chi connectivity index (χ4n) is 8.70. The molecule has 4 nitrogen and oxygen atoms in total. The van der Waals surface area contributed by atoms with Gasteiger partial charge in [0.15, 0.2) is 11.7 Å². The van der Waals surface area contributed by atoms with E-state index < -0.39 is 0 Å². The maximum absolute atomic E-state index is 4.76. The number of amidine groups is 2. The van der Waals surface area contributed by atoms with E-state index in [1.807, 2.05) is 98.0 Å². The van der Waals surface area contributed by atoms with Crippen molar-refractivity contribution in [2.24, 2.45) is 15.0 Å². The summed E-state index contributed by atoms with van der Waals surface area (Å²) in [5.74, 6) is 1.22. The largest absolute Gasteiger partial charge is 0.309 e. The van der Waals surface area contributed by atoms with E-state index >= 15 is 0 Å². The zero-order valence-electron chi connectivity index (χ0n) is 39.7. The van der Waals surface area contributed by atoms with Crippen LogP contribution in [0.1, 0.15) is 47.2 Å². The van der Waals surface area contributed by atoms with Crippen molar-refractivity contribution in [2.45, 2.75) is 60.7 Å². The Bertz CT molecular complexity index is 3480. The molecule has 9 aromatic carbocycles. The number of hydrogen-bond donors (Lipinski definition) is 0. The summed E-state index contributed by atoms with van der Waals surface area (Å²) in [6.07, 6.45) is 0. The number of aromatic nitrogens is 1. The maximum Gasteiger partial charge on any atom is 0.161 e. The van der Waals surface area contributed by atoms with Gasteiger partial charge < -0.3 is 4.57 Å². The highest BCUT2D eigenvalue weighted by atomic mass is 32.2. The van der Waals surface area contributed by atoms with E-state index in [9.17, 15) is 0 Å².